The standard InChI is InChI=1S/C13H12Cl2N2O/c1-8(16)9-2-3-17-13(4-9)18-12-6-10(14)5-11(15)7-12/h2-8H,16H2,1H3/t8-/m0/s1. The van der Waals surface area contributed by atoms with Crippen LogP contribution in [0, 0.1) is 0 Å². The Kier molecular flexibility index (Phi) is 4.07. The molecule has 0 spiro atoms. The van der Waals surface area contributed by atoms with Gasteiger partial charge in [-0.15, -0.1) is 0 Å². The highest BCUT2D eigenvalue weighted by atomic mass is 35.5. The van der Waals surface area contributed by atoms with Gasteiger partial charge in [0, 0.05) is 28.4 Å². The Hall–Kier alpha value is -1.29. The van der Waals surface area contributed by atoms with Crippen LogP contribution in [-0.4, -0.2) is 4.98 Å². The molecule has 1 aromatic carbocycles. The molecule has 0 fully saturated rings. The third kappa shape index (κ3) is 3.35. The van der Waals surface area contributed by atoms with E-state index in [0.29, 0.717) is 21.7 Å². The predicted molar refractivity (Wildman–Crippen MR) is 73.4 cm³/mol. The number of benzene rings is 1. The molecule has 5 heteroatoms. The highest BCUT2D eigenvalue weighted by Gasteiger charge is 2.05. The van der Waals surface area contributed by atoms with Gasteiger partial charge in [-0.05, 0) is 36.8 Å². The summed E-state index contributed by atoms with van der Waals surface area (Å²) in [6.07, 6.45) is 1.65. The van der Waals surface area contributed by atoms with Crippen LogP contribution in [0.3, 0.4) is 0 Å². The number of halogens is 2. The fourth-order valence-electron chi connectivity index (χ4n) is 1.47. The van der Waals surface area contributed by atoms with Crippen molar-refractivity contribution in [3.05, 3.63) is 52.1 Å². The molecular weight excluding hydrogens is 271 g/mol. The lowest BCUT2D eigenvalue weighted by molar-refractivity contribution is 0.461. The third-order valence-corrected chi connectivity index (χ3v) is 2.78. The molecule has 0 bridgehead atoms. The van der Waals surface area contributed by atoms with E-state index in [2.05, 4.69) is 4.98 Å². The minimum Gasteiger partial charge on any atom is -0.439 e. The monoisotopic (exact) mass is 282 g/mol. The zero-order chi connectivity index (χ0) is 13.1. The zero-order valence-corrected chi connectivity index (χ0v) is 11.2. The lowest BCUT2D eigenvalue weighted by Gasteiger charge is -2.09. The van der Waals surface area contributed by atoms with Crippen LogP contribution in [0.25, 0.3) is 0 Å². The van der Waals surface area contributed by atoms with Crippen molar-refractivity contribution >= 4 is 23.2 Å². The molecule has 0 aliphatic heterocycles. The van der Waals surface area contributed by atoms with Crippen molar-refractivity contribution in [1.29, 1.82) is 0 Å². The Labute approximate surface area is 115 Å². The summed E-state index contributed by atoms with van der Waals surface area (Å²) >= 11 is 11.8. The third-order valence-electron chi connectivity index (χ3n) is 2.34. The van der Waals surface area contributed by atoms with Crippen molar-refractivity contribution in [3.8, 4) is 11.6 Å². The first kappa shape index (κ1) is 13.1. The summed E-state index contributed by atoms with van der Waals surface area (Å²) in [5, 5.41) is 1.03. The van der Waals surface area contributed by atoms with Crippen molar-refractivity contribution in [2.75, 3.05) is 0 Å². The number of nitrogens with two attached hydrogens (primary N) is 1. The quantitative estimate of drug-likeness (QED) is 0.918. The van der Waals surface area contributed by atoms with Crippen LogP contribution in [0.2, 0.25) is 10.0 Å². The van der Waals surface area contributed by atoms with E-state index in [1.165, 1.54) is 0 Å². The second-order valence-corrected chi connectivity index (χ2v) is 4.80. The number of rotatable bonds is 3. The molecule has 2 N–H and O–H groups in total. The molecule has 3 nitrogen and oxygen atoms in total. The van der Waals surface area contributed by atoms with Gasteiger partial charge >= 0.3 is 0 Å². The van der Waals surface area contributed by atoms with Gasteiger partial charge in [0.25, 0.3) is 0 Å². The van der Waals surface area contributed by atoms with Crippen LogP contribution in [-0.2, 0) is 0 Å². The Balaban J connectivity index is 2.25. The Morgan fingerprint density at radius 3 is 2.44 bits per heavy atom. The van der Waals surface area contributed by atoms with Gasteiger partial charge < -0.3 is 10.5 Å². The summed E-state index contributed by atoms with van der Waals surface area (Å²) in [6, 6.07) is 8.56. The molecule has 0 amide bonds. The van der Waals surface area contributed by atoms with Crippen LogP contribution in [0.5, 0.6) is 11.6 Å². The first-order valence-electron chi connectivity index (χ1n) is 5.40. The second-order valence-electron chi connectivity index (χ2n) is 3.92. The average molecular weight is 283 g/mol. The van der Waals surface area contributed by atoms with Gasteiger partial charge in [0.1, 0.15) is 5.75 Å². The molecule has 2 rings (SSSR count). The van der Waals surface area contributed by atoms with E-state index < -0.39 is 0 Å². The first-order chi connectivity index (χ1) is 8.54. The molecule has 2 aromatic rings. The van der Waals surface area contributed by atoms with Crippen molar-refractivity contribution < 1.29 is 4.74 Å². The molecule has 1 heterocycles. The number of hydrogen-bond donors (Lipinski definition) is 1. The van der Waals surface area contributed by atoms with Gasteiger partial charge in [-0.1, -0.05) is 23.2 Å². The maximum absolute atomic E-state index is 5.89. The van der Waals surface area contributed by atoms with Crippen LogP contribution < -0.4 is 10.5 Å². The fourth-order valence-corrected chi connectivity index (χ4v) is 1.98. The van der Waals surface area contributed by atoms with Gasteiger partial charge in [-0.2, -0.15) is 0 Å². The Bertz CT molecular complexity index is 538. The number of ether oxygens (including phenoxy) is 1. The second kappa shape index (κ2) is 5.57. The molecule has 94 valence electrons. The Morgan fingerprint density at radius 1 is 1.17 bits per heavy atom. The van der Waals surface area contributed by atoms with E-state index in [-0.39, 0.29) is 6.04 Å². The average Bonchev–Trinajstić information content (AvgIpc) is 2.27. The number of nitrogens with zero attached hydrogens (tertiary/aromatic N) is 1. The summed E-state index contributed by atoms with van der Waals surface area (Å²) in [4.78, 5) is 4.11. The van der Waals surface area contributed by atoms with Crippen LogP contribution in [0.1, 0.15) is 18.5 Å². The fraction of sp³-hybridized carbons (Fsp3) is 0.154. The normalized spacial score (nSPS) is 12.2. The van der Waals surface area contributed by atoms with Crippen LogP contribution in [0.4, 0.5) is 0 Å². The molecule has 1 aromatic heterocycles. The highest BCUT2D eigenvalue weighted by molar-refractivity contribution is 6.34. The van der Waals surface area contributed by atoms with Gasteiger partial charge in [0.2, 0.25) is 5.88 Å². The lowest BCUT2D eigenvalue weighted by atomic mass is 10.1. The topological polar surface area (TPSA) is 48.1 Å². The minimum atomic E-state index is -0.0710. The van der Waals surface area contributed by atoms with Crippen molar-refractivity contribution in [2.24, 2.45) is 5.73 Å². The molecule has 1 atom stereocenters. The SMILES string of the molecule is C[C@H](N)c1ccnc(Oc2cc(Cl)cc(Cl)c2)c1. The summed E-state index contributed by atoms with van der Waals surface area (Å²) in [6.45, 7) is 1.90. The minimum absolute atomic E-state index is 0.0710. The molecule has 0 aliphatic carbocycles. The van der Waals surface area contributed by atoms with Gasteiger partial charge in [-0.25, -0.2) is 4.98 Å². The van der Waals surface area contributed by atoms with E-state index in [1.54, 1.807) is 30.5 Å². The first-order valence-corrected chi connectivity index (χ1v) is 6.15. The predicted octanol–water partition coefficient (Wildman–Crippen LogP) is 4.20. The van der Waals surface area contributed by atoms with Crippen molar-refractivity contribution in [1.82, 2.24) is 4.98 Å². The molecule has 0 saturated heterocycles. The van der Waals surface area contributed by atoms with Gasteiger partial charge in [0.05, 0.1) is 0 Å². The molecule has 0 unspecified atom stereocenters. The van der Waals surface area contributed by atoms with Gasteiger partial charge in [0.15, 0.2) is 0 Å². The van der Waals surface area contributed by atoms with E-state index >= 15 is 0 Å². The lowest BCUT2D eigenvalue weighted by Crippen LogP contribution is -2.05. The van der Waals surface area contributed by atoms with E-state index in [4.69, 9.17) is 33.7 Å². The number of aromatic nitrogens is 1. The summed E-state index contributed by atoms with van der Waals surface area (Å²) < 4.78 is 5.60. The maximum atomic E-state index is 5.89. The van der Waals surface area contributed by atoms with Gasteiger partial charge in [-0.3, -0.25) is 0 Å². The highest BCUT2D eigenvalue weighted by Crippen LogP contribution is 2.28. The summed E-state index contributed by atoms with van der Waals surface area (Å²) in [7, 11) is 0. The summed E-state index contributed by atoms with van der Waals surface area (Å²) in [5.41, 5.74) is 6.75. The van der Waals surface area contributed by atoms with E-state index in [0.717, 1.165) is 5.56 Å². The van der Waals surface area contributed by atoms with Crippen LogP contribution >= 0.6 is 23.2 Å². The van der Waals surface area contributed by atoms with E-state index in [9.17, 15) is 0 Å². The summed E-state index contributed by atoms with van der Waals surface area (Å²) in [5.74, 6) is 1.00. The zero-order valence-electron chi connectivity index (χ0n) is 9.73. The molecule has 0 aliphatic rings. The molecule has 18 heavy (non-hydrogen) atoms. The van der Waals surface area contributed by atoms with Crippen molar-refractivity contribution in [2.45, 2.75) is 13.0 Å². The molecule has 0 saturated carbocycles. The molecular formula is C13H12Cl2N2O. The van der Waals surface area contributed by atoms with E-state index in [1.807, 2.05) is 13.0 Å². The van der Waals surface area contributed by atoms with Crippen molar-refractivity contribution in [3.63, 3.8) is 0 Å². The van der Waals surface area contributed by atoms with Crippen LogP contribution in [0.15, 0.2) is 36.5 Å². The number of pyridine rings is 1. The molecule has 0 radical (unpaired) electrons. The largest absolute Gasteiger partial charge is 0.439 e. The smallest absolute Gasteiger partial charge is 0.219 e. The Morgan fingerprint density at radius 2 is 1.83 bits per heavy atom. The maximum Gasteiger partial charge on any atom is 0.219 e. The number of hydrogen-bond acceptors (Lipinski definition) is 3.